The topological polar surface area (TPSA) is 100 Å². The molecule has 3 amide bonds. The highest BCUT2D eigenvalue weighted by atomic mass is 32.2. The number of likely N-dealkylation sites (tertiary alicyclic amines) is 1. The third-order valence-electron chi connectivity index (χ3n) is 5.18. The zero-order chi connectivity index (χ0) is 22.3. The van der Waals surface area contributed by atoms with Gasteiger partial charge in [-0.15, -0.1) is 0 Å². The zero-order valence-electron chi connectivity index (χ0n) is 17.8. The number of aromatic nitrogens is 2. The quantitative estimate of drug-likeness (QED) is 0.548. The predicted molar refractivity (Wildman–Crippen MR) is 123 cm³/mol. The number of para-hydroxylation sites is 1. The number of nitrogens with one attached hydrogen (secondary N) is 2. The van der Waals surface area contributed by atoms with Gasteiger partial charge in [0.25, 0.3) is 5.91 Å². The summed E-state index contributed by atoms with van der Waals surface area (Å²) in [6.07, 6.45) is 3.10. The number of rotatable bonds is 6. The van der Waals surface area contributed by atoms with Crippen LogP contribution in [0.5, 0.6) is 0 Å². The third-order valence-corrected chi connectivity index (χ3v) is 6.22. The first-order valence-corrected chi connectivity index (χ1v) is 11.5. The van der Waals surface area contributed by atoms with Crippen molar-refractivity contribution in [3.8, 4) is 0 Å². The van der Waals surface area contributed by atoms with Crippen molar-refractivity contribution in [1.82, 2.24) is 20.4 Å². The lowest BCUT2D eigenvalue weighted by Gasteiger charge is -2.32. The number of anilines is 1. The van der Waals surface area contributed by atoms with E-state index in [1.54, 1.807) is 12.3 Å². The van der Waals surface area contributed by atoms with Gasteiger partial charge in [-0.1, -0.05) is 35.1 Å². The van der Waals surface area contributed by atoms with Crippen molar-refractivity contribution in [2.45, 2.75) is 36.6 Å². The minimum absolute atomic E-state index is 0.0286. The number of carbonyl (C=O) groups excluding carboxylic acids is 2. The van der Waals surface area contributed by atoms with Gasteiger partial charge >= 0.3 is 6.03 Å². The number of benzene rings is 1. The van der Waals surface area contributed by atoms with Crippen molar-refractivity contribution in [1.29, 1.82) is 0 Å². The smallest absolute Gasteiger partial charge is 0.319 e. The van der Waals surface area contributed by atoms with E-state index in [1.165, 1.54) is 11.8 Å². The number of piperidine rings is 1. The fourth-order valence-electron chi connectivity index (χ4n) is 3.57. The van der Waals surface area contributed by atoms with E-state index in [9.17, 15) is 9.59 Å². The van der Waals surface area contributed by atoms with E-state index >= 15 is 0 Å². The molecule has 1 aromatic carbocycles. The Hall–Kier alpha value is -3.33. The number of urea groups is 1. The summed E-state index contributed by atoms with van der Waals surface area (Å²) in [6, 6.07) is 14.6. The van der Waals surface area contributed by atoms with Crippen LogP contribution < -0.4 is 10.6 Å². The van der Waals surface area contributed by atoms with Crippen LogP contribution in [0.1, 0.15) is 34.7 Å². The molecule has 1 aliphatic rings. The summed E-state index contributed by atoms with van der Waals surface area (Å²) in [5, 5.41) is 10.5. The first kappa shape index (κ1) is 21.9. The molecule has 0 atom stereocenters. The van der Waals surface area contributed by atoms with Crippen LogP contribution >= 0.6 is 11.8 Å². The van der Waals surface area contributed by atoms with Gasteiger partial charge in [0.2, 0.25) is 0 Å². The Morgan fingerprint density at radius 2 is 1.94 bits per heavy atom. The van der Waals surface area contributed by atoms with Gasteiger partial charge in [-0.05, 0) is 44.0 Å². The van der Waals surface area contributed by atoms with Crippen molar-refractivity contribution < 1.29 is 14.1 Å². The molecule has 1 saturated heterocycles. The van der Waals surface area contributed by atoms with Crippen LogP contribution in [0.25, 0.3) is 0 Å². The monoisotopic (exact) mass is 451 g/mol. The standard InChI is InChI=1S/C23H25N5O3S/c1-16-14-19(27-31-16)15-32-21-20(8-5-11-24-21)22(29)28-12-9-18(10-13-28)26-23(30)25-17-6-3-2-4-7-17/h2-8,11,14,18H,9-10,12-13,15H2,1H3,(H2,25,26,30). The molecule has 3 heterocycles. The molecule has 0 aliphatic carbocycles. The number of hydrogen-bond acceptors (Lipinski definition) is 6. The second-order valence-electron chi connectivity index (χ2n) is 7.60. The summed E-state index contributed by atoms with van der Waals surface area (Å²) < 4.78 is 5.10. The highest BCUT2D eigenvalue weighted by molar-refractivity contribution is 7.98. The molecule has 0 spiro atoms. The van der Waals surface area contributed by atoms with E-state index in [2.05, 4.69) is 20.8 Å². The molecule has 2 aromatic heterocycles. The van der Waals surface area contributed by atoms with E-state index in [-0.39, 0.29) is 18.0 Å². The van der Waals surface area contributed by atoms with Crippen molar-refractivity contribution in [2.75, 3.05) is 18.4 Å². The van der Waals surface area contributed by atoms with Gasteiger partial charge in [0, 0.05) is 42.8 Å². The van der Waals surface area contributed by atoms with Gasteiger partial charge in [0.1, 0.15) is 10.8 Å². The molecule has 3 aromatic rings. The molecule has 2 N–H and O–H groups in total. The van der Waals surface area contributed by atoms with Gasteiger partial charge < -0.3 is 20.1 Å². The molecule has 0 unspecified atom stereocenters. The van der Waals surface area contributed by atoms with Crippen molar-refractivity contribution in [3.63, 3.8) is 0 Å². The van der Waals surface area contributed by atoms with Crippen LogP contribution in [0.15, 0.2) is 64.3 Å². The lowest BCUT2D eigenvalue weighted by Crippen LogP contribution is -2.47. The lowest BCUT2D eigenvalue weighted by molar-refractivity contribution is 0.0704. The van der Waals surface area contributed by atoms with Crippen LogP contribution in [0.3, 0.4) is 0 Å². The maximum atomic E-state index is 13.1. The first-order chi connectivity index (χ1) is 15.6. The summed E-state index contributed by atoms with van der Waals surface area (Å²) in [7, 11) is 0. The van der Waals surface area contributed by atoms with Crippen LogP contribution in [-0.4, -0.2) is 46.1 Å². The van der Waals surface area contributed by atoms with E-state index < -0.39 is 0 Å². The molecular formula is C23H25N5O3S. The molecule has 1 fully saturated rings. The SMILES string of the molecule is Cc1cc(CSc2ncccc2C(=O)N2CCC(NC(=O)Nc3ccccc3)CC2)no1. The zero-order valence-corrected chi connectivity index (χ0v) is 18.6. The summed E-state index contributed by atoms with van der Waals surface area (Å²) in [4.78, 5) is 31.6. The van der Waals surface area contributed by atoms with Crippen LogP contribution in [-0.2, 0) is 5.75 Å². The molecule has 32 heavy (non-hydrogen) atoms. The predicted octanol–water partition coefficient (Wildman–Crippen LogP) is 4.10. The molecular weight excluding hydrogens is 426 g/mol. The number of thioether (sulfide) groups is 1. The summed E-state index contributed by atoms with van der Waals surface area (Å²) in [5.74, 6) is 1.30. The van der Waals surface area contributed by atoms with Crippen LogP contribution in [0, 0.1) is 6.92 Å². The number of aryl methyl sites for hydroxylation is 1. The van der Waals surface area contributed by atoms with E-state index in [0.29, 0.717) is 42.3 Å². The number of amides is 3. The molecule has 8 nitrogen and oxygen atoms in total. The number of pyridine rings is 1. The highest BCUT2D eigenvalue weighted by Crippen LogP contribution is 2.26. The van der Waals surface area contributed by atoms with E-state index in [1.807, 2.05) is 54.3 Å². The number of nitrogens with zero attached hydrogens (tertiary/aromatic N) is 3. The average molecular weight is 452 g/mol. The number of carbonyl (C=O) groups is 2. The van der Waals surface area contributed by atoms with Crippen LogP contribution in [0.4, 0.5) is 10.5 Å². The normalized spacial score (nSPS) is 14.2. The van der Waals surface area contributed by atoms with E-state index in [4.69, 9.17) is 4.52 Å². The van der Waals surface area contributed by atoms with Gasteiger partial charge in [-0.3, -0.25) is 4.79 Å². The summed E-state index contributed by atoms with van der Waals surface area (Å²) >= 11 is 1.47. The molecule has 0 bridgehead atoms. The number of hydrogen-bond donors (Lipinski definition) is 2. The Kier molecular flexibility index (Phi) is 7.06. The second kappa shape index (κ2) is 10.3. The van der Waals surface area contributed by atoms with Crippen molar-refractivity contribution >= 4 is 29.4 Å². The molecule has 0 radical (unpaired) electrons. The minimum Gasteiger partial charge on any atom is -0.361 e. The molecule has 166 valence electrons. The van der Waals surface area contributed by atoms with Crippen LogP contribution in [0.2, 0.25) is 0 Å². The Morgan fingerprint density at radius 3 is 2.66 bits per heavy atom. The Balaban J connectivity index is 1.30. The lowest BCUT2D eigenvalue weighted by atomic mass is 10.0. The Morgan fingerprint density at radius 1 is 1.16 bits per heavy atom. The van der Waals surface area contributed by atoms with Crippen molar-refractivity contribution in [3.05, 3.63) is 71.7 Å². The van der Waals surface area contributed by atoms with Gasteiger partial charge in [-0.2, -0.15) is 0 Å². The third kappa shape index (κ3) is 5.67. The van der Waals surface area contributed by atoms with Gasteiger partial charge in [-0.25, -0.2) is 9.78 Å². The molecule has 0 saturated carbocycles. The average Bonchev–Trinajstić information content (AvgIpc) is 3.23. The molecule has 9 heteroatoms. The maximum absolute atomic E-state index is 13.1. The summed E-state index contributed by atoms with van der Waals surface area (Å²) in [5.41, 5.74) is 2.16. The minimum atomic E-state index is -0.227. The summed E-state index contributed by atoms with van der Waals surface area (Å²) in [6.45, 7) is 3.01. The van der Waals surface area contributed by atoms with Crippen molar-refractivity contribution in [2.24, 2.45) is 0 Å². The largest absolute Gasteiger partial charge is 0.361 e. The van der Waals surface area contributed by atoms with Gasteiger partial charge in [0.15, 0.2) is 0 Å². The highest BCUT2D eigenvalue weighted by Gasteiger charge is 2.26. The first-order valence-electron chi connectivity index (χ1n) is 10.5. The molecule has 1 aliphatic heterocycles. The fraction of sp³-hybridized carbons (Fsp3) is 0.304. The van der Waals surface area contributed by atoms with Gasteiger partial charge in [0.05, 0.1) is 11.3 Å². The van der Waals surface area contributed by atoms with E-state index in [0.717, 1.165) is 17.1 Å². The molecule has 4 rings (SSSR count). The Bertz CT molecular complexity index is 1060. The second-order valence-corrected chi connectivity index (χ2v) is 8.57. The fourth-order valence-corrected chi connectivity index (χ4v) is 4.44. The maximum Gasteiger partial charge on any atom is 0.319 e. The Labute approximate surface area is 190 Å².